The van der Waals surface area contributed by atoms with Crippen molar-refractivity contribution in [3.8, 4) is 6.07 Å². The number of fused-ring (bicyclic) bond motifs is 1. The van der Waals surface area contributed by atoms with E-state index >= 15 is 0 Å². The Hall–Kier alpha value is -1.80. The predicted octanol–water partition coefficient (Wildman–Crippen LogP) is 2.39. The number of nitriles is 1. The lowest BCUT2D eigenvalue weighted by atomic mass is 9.81. The van der Waals surface area contributed by atoms with E-state index in [1.807, 2.05) is 11.0 Å². The number of hydrogen-bond donors (Lipinski definition) is 0. The number of nitrogens with zero attached hydrogens (tertiary/aromatic N) is 3. The van der Waals surface area contributed by atoms with Crippen LogP contribution in [0.25, 0.3) is 0 Å². The van der Waals surface area contributed by atoms with Gasteiger partial charge in [-0.1, -0.05) is 18.0 Å². The summed E-state index contributed by atoms with van der Waals surface area (Å²) in [6, 6.07) is 3.63. The van der Waals surface area contributed by atoms with E-state index in [9.17, 15) is 4.79 Å². The maximum absolute atomic E-state index is 12.2. The monoisotopic (exact) mass is 305 g/mol. The highest BCUT2D eigenvalue weighted by Gasteiger charge is 2.55. The number of aromatic nitrogens is 1. The Morgan fingerprint density at radius 3 is 3.14 bits per heavy atom. The molecule has 2 aliphatic rings. The molecule has 0 aromatic carbocycles. The molecule has 1 aliphatic carbocycles. The summed E-state index contributed by atoms with van der Waals surface area (Å²) in [5.41, 5.74) is 0.0130. The maximum Gasteiger partial charge on any atom is 0.313 e. The van der Waals surface area contributed by atoms with Gasteiger partial charge in [0.15, 0.2) is 0 Å². The molecule has 0 spiro atoms. The van der Waals surface area contributed by atoms with Gasteiger partial charge in [-0.25, -0.2) is 4.98 Å². The number of methoxy groups -OCH3 is 1. The van der Waals surface area contributed by atoms with Gasteiger partial charge in [-0.3, -0.25) is 4.79 Å². The molecule has 1 aromatic heterocycles. The second kappa shape index (κ2) is 5.19. The maximum atomic E-state index is 12.2. The summed E-state index contributed by atoms with van der Waals surface area (Å²) < 4.78 is 5.03. The smallest absolute Gasteiger partial charge is 0.313 e. The van der Waals surface area contributed by atoms with Crippen molar-refractivity contribution >= 4 is 23.4 Å². The summed E-state index contributed by atoms with van der Waals surface area (Å²) in [4.78, 5) is 18.6. The van der Waals surface area contributed by atoms with Crippen LogP contribution in [0.15, 0.2) is 12.3 Å². The zero-order chi connectivity index (χ0) is 15.0. The van der Waals surface area contributed by atoms with E-state index in [0.29, 0.717) is 28.9 Å². The van der Waals surface area contributed by atoms with Gasteiger partial charge in [0.05, 0.1) is 23.1 Å². The molecular weight excluding hydrogens is 290 g/mol. The van der Waals surface area contributed by atoms with Crippen LogP contribution in [0.4, 0.5) is 5.82 Å². The summed E-state index contributed by atoms with van der Waals surface area (Å²) in [6.07, 6.45) is 4.45. The molecule has 1 aromatic rings. The Morgan fingerprint density at radius 1 is 1.67 bits per heavy atom. The summed E-state index contributed by atoms with van der Waals surface area (Å²) in [5.74, 6) is 0.809. The van der Waals surface area contributed by atoms with Crippen LogP contribution in [-0.2, 0) is 9.53 Å². The van der Waals surface area contributed by atoms with Crippen LogP contribution in [0, 0.1) is 22.7 Å². The zero-order valence-corrected chi connectivity index (χ0v) is 12.6. The van der Waals surface area contributed by atoms with Crippen molar-refractivity contribution in [2.75, 3.05) is 25.1 Å². The van der Waals surface area contributed by atoms with Crippen molar-refractivity contribution in [1.29, 1.82) is 5.26 Å². The molecule has 2 heterocycles. The number of hydrogen-bond acceptors (Lipinski definition) is 5. The quantitative estimate of drug-likeness (QED) is 0.785. The normalized spacial score (nSPS) is 27.3. The molecule has 21 heavy (non-hydrogen) atoms. The highest BCUT2D eigenvalue weighted by atomic mass is 35.5. The molecule has 1 aliphatic heterocycles. The lowest BCUT2D eigenvalue weighted by Crippen LogP contribution is -2.37. The van der Waals surface area contributed by atoms with Crippen LogP contribution >= 0.6 is 11.6 Å². The van der Waals surface area contributed by atoms with Gasteiger partial charge in [0.2, 0.25) is 0 Å². The Labute approximate surface area is 128 Å². The van der Waals surface area contributed by atoms with Crippen molar-refractivity contribution in [2.45, 2.75) is 19.3 Å². The largest absolute Gasteiger partial charge is 0.469 e. The van der Waals surface area contributed by atoms with Gasteiger partial charge in [-0.05, 0) is 24.8 Å². The first kappa shape index (κ1) is 14.2. The van der Waals surface area contributed by atoms with Gasteiger partial charge in [-0.15, -0.1) is 0 Å². The van der Waals surface area contributed by atoms with E-state index < -0.39 is 5.41 Å². The fourth-order valence-corrected chi connectivity index (χ4v) is 4.00. The van der Waals surface area contributed by atoms with Gasteiger partial charge < -0.3 is 9.64 Å². The Kier molecular flexibility index (Phi) is 3.50. The first-order chi connectivity index (χ1) is 10.1. The molecule has 6 heteroatoms. The number of rotatable bonds is 2. The second-order valence-electron chi connectivity index (χ2n) is 5.76. The van der Waals surface area contributed by atoms with E-state index in [0.717, 1.165) is 25.8 Å². The minimum absolute atomic E-state index is 0.128. The molecule has 3 rings (SSSR count). The van der Waals surface area contributed by atoms with Gasteiger partial charge in [0.25, 0.3) is 0 Å². The van der Waals surface area contributed by atoms with Crippen molar-refractivity contribution in [2.24, 2.45) is 11.3 Å². The number of halogens is 1. The molecule has 1 saturated carbocycles. The van der Waals surface area contributed by atoms with Gasteiger partial charge in [-0.2, -0.15) is 5.26 Å². The van der Waals surface area contributed by atoms with E-state index in [-0.39, 0.29) is 5.97 Å². The first-order valence-corrected chi connectivity index (χ1v) is 7.37. The third-order valence-corrected chi connectivity index (χ3v) is 4.99. The summed E-state index contributed by atoms with van der Waals surface area (Å²) in [7, 11) is 1.45. The van der Waals surface area contributed by atoms with Crippen molar-refractivity contribution in [3.63, 3.8) is 0 Å². The molecule has 5 nitrogen and oxygen atoms in total. The van der Waals surface area contributed by atoms with Crippen molar-refractivity contribution in [3.05, 3.63) is 22.8 Å². The Morgan fingerprint density at radius 2 is 2.48 bits per heavy atom. The van der Waals surface area contributed by atoms with E-state index in [2.05, 4.69) is 4.98 Å². The van der Waals surface area contributed by atoms with Crippen LogP contribution in [0.1, 0.15) is 24.8 Å². The molecule has 0 bridgehead atoms. The lowest BCUT2D eigenvalue weighted by molar-refractivity contribution is -0.152. The topological polar surface area (TPSA) is 66.2 Å². The SMILES string of the molecule is COC(=O)C12CCCC1CN(c1ncc(C#N)cc1Cl)C2. The third kappa shape index (κ3) is 2.14. The highest BCUT2D eigenvalue weighted by Crippen LogP contribution is 2.50. The van der Waals surface area contributed by atoms with Gasteiger partial charge in [0, 0.05) is 19.3 Å². The fourth-order valence-electron chi connectivity index (χ4n) is 3.71. The van der Waals surface area contributed by atoms with Crippen LogP contribution in [0.5, 0.6) is 0 Å². The molecule has 0 N–H and O–H groups in total. The number of anilines is 1. The molecule has 0 radical (unpaired) electrons. The van der Waals surface area contributed by atoms with Gasteiger partial charge >= 0.3 is 5.97 Å². The van der Waals surface area contributed by atoms with E-state index in [4.69, 9.17) is 21.6 Å². The summed E-state index contributed by atoms with van der Waals surface area (Å²) >= 11 is 6.23. The molecule has 1 saturated heterocycles. The number of pyridine rings is 1. The fraction of sp³-hybridized carbons (Fsp3) is 0.533. The number of esters is 1. The number of ether oxygens (including phenoxy) is 1. The second-order valence-corrected chi connectivity index (χ2v) is 6.17. The predicted molar refractivity (Wildman–Crippen MR) is 78.0 cm³/mol. The lowest BCUT2D eigenvalue weighted by Gasteiger charge is -2.25. The molecule has 2 unspecified atom stereocenters. The summed E-state index contributed by atoms with van der Waals surface area (Å²) in [6.45, 7) is 1.34. The first-order valence-electron chi connectivity index (χ1n) is 7.00. The van der Waals surface area contributed by atoms with E-state index in [1.54, 1.807) is 6.07 Å². The van der Waals surface area contributed by atoms with Gasteiger partial charge in [0.1, 0.15) is 11.9 Å². The molecule has 0 amide bonds. The van der Waals surface area contributed by atoms with Crippen molar-refractivity contribution in [1.82, 2.24) is 4.98 Å². The van der Waals surface area contributed by atoms with Crippen LogP contribution in [-0.4, -0.2) is 31.2 Å². The summed E-state index contributed by atoms with van der Waals surface area (Å²) in [5, 5.41) is 9.32. The van der Waals surface area contributed by atoms with Crippen LogP contribution < -0.4 is 4.90 Å². The van der Waals surface area contributed by atoms with Crippen LogP contribution in [0.3, 0.4) is 0 Å². The van der Waals surface area contributed by atoms with E-state index in [1.165, 1.54) is 13.3 Å². The average molecular weight is 306 g/mol. The standard InChI is InChI=1S/C15H16ClN3O2/c1-21-14(20)15-4-2-3-11(15)8-19(9-15)13-12(16)5-10(6-17)7-18-13/h5,7,11H,2-4,8-9H2,1H3. The van der Waals surface area contributed by atoms with Crippen LogP contribution in [0.2, 0.25) is 5.02 Å². The highest BCUT2D eigenvalue weighted by molar-refractivity contribution is 6.33. The molecule has 2 fully saturated rings. The molecule has 110 valence electrons. The Balaban J connectivity index is 1.90. The third-order valence-electron chi connectivity index (χ3n) is 4.71. The molecular formula is C15H16ClN3O2. The Bertz CT molecular complexity index is 628. The minimum Gasteiger partial charge on any atom is -0.469 e. The number of carbonyl (C=O) groups excluding carboxylic acids is 1. The zero-order valence-electron chi connectivity index (χ0n) is 11.8. The average Bonchev–Trinajstić information content (AvgIpc) is 3.03. The van der Waals surface area contributed by atoms with Crippen molar-refractivity contribution < 1.29 is 9.53 Å². The minimum atomic E-state index is -0.423. The number of carbonyl (C=O) groups is 1. The molecule has 2 atom stereocenters.